The first-order valence-electron chi connectivity index (χ1n) is 8.57. The Morgan fingerprint density at radius 1 is 1.18 bits per heavy atom. The number of benzene rings is 1. The number of rotatable bonds is 5. The number of piperidine rings is 1. The van der Waals surface area contributed by atoms with Crippen molar-refractivity contribution in [1.82, 2.24) is 0 Å². The molecule has 0 spiro atoms. The number of aromatic hydroxyl groups is 1. The van der Waals surface area contributed by atoms with Gasteiger partial charge >= 0.3 is 0 Å². The molecule has 3 nitrogen and oxygen atoms in total. The van der Waals surface area contributed by atoms with E-state index in [1.165, 1.54) is 24.1 Å². The first-order chi connectivity index (χ1) is 10.4. The number of anilines is 1. The van der Waals surface area contributed by atoms with Crippen LogP contribution in [0.1, 0.15) is 52.0 Å². The van der Waals surface area contributed by atoms with E-state index in [1.807, 2.05) is 6.07 Å². The second-order valence-corrected chi connectivity index (χ2v) is 7.84. The van der Waals surface area contributed by atoms with Crippen molar-refractivity contribution in [3.8, 4) is 5.75 Å². The molecule has 124 valence electrons. The van der Waals surface area contributed by atoms with E-state index >= 15 is 0 Å². The van der Waals surface area contributed by atoms with Crippen LogP contribution in [-0.2, 0) is 6.42 Å². The van der Waals surface area contributed by atoms with Crippen molar-refractivity contribution in [2.75, 3.05) is 24.6 Å². The topological polar surface area (TPSA) is 43.7 Å². The fourth-order valence-corrected chi connectivity index (χ4v) is 3.22. The lowest BCUT2D eigenvalue weighted by Crippen LogP contribution is -2.35. The molecule has 1 aliphatic rings. The van der Waals surface area contributed by atoms with Crippen molar-refractivity contribution < 1.29 is 10.2 Å². The van der Waals surface area contributed by atoms with Gasteiger partial charge in [-0.1, -0.05) is 26.8 Å². The number of phenolic OH excluding ortho intramolecular Hbond substituents is 1. The van der Waals surface area contributed by atoms with Gasteiger partial charge in [0, 0.05) is 31.5 Å². The molecule has 0 radical (unpaired) electrons. The molecule has 22 heavy (non-hydrogen) atoms. The molecule has 0 atom stereocenters. The summed E-state index contributed by atoms with van der Waals surface area (Å²) in [6.45, 7) is 9.09. The van der Waals surface area contributed by atoms with Gasteiger partial charge in [-0.25, -0.2) is 0 Å². The lowest BCUT2D eigenvalue weighted by molar-refractivity contribution is 0.203. The number of nitrogens with zero attached hydrogens (tertiary/aromatic N) is 1. The highest BCUT2D eigenvalue weighted by Gasteiger charge is 2.21. The SMILES string of the molecule is CC(C)(C)CCCc1ccc(O)cc1N1CCC(CO)CC1. The average molecular weight is 305 g/mol. The summed E-state index contributed by atoms with van der Waals surface area (Å²) in [5.74, 6) is 0.789. The van der Waals surface area contributed by atoms with E-state index in [-0.39, 0.29) is 0 Å². The van der Waals surface area contributed by atoms with Gasteiger partial charge in [0.05, 0.1) is 0 Å². The second-order valence-electron chi connectivity index (χ2n) is 7.84. The summed E-state index contributed by atoms with van der Waals surface area (Å²) in [5.41, 5.74) is 2.89. The number of phenols is 1. The zero-order valence-corrected chi connectivity index (χ0v) is 14.3. The van der Waals surface area contributed by atoms with Gasteiger partial charge in [-0.2, -0.15) is 0 Å². The van der Waals surface area contributed by atoms with Crippen molar-refractivity contribution in [3.05, 3.63) is 23.8 Å². The zero-order valence-electron chi connectivity index (χ0n) is 14.3. The van der Waals surface area contributed by atoms with Gasteiger partial charge in [-0.05, 0) is 55.1 Å². The Balaban J connectivity index is 2.04. The second kappa shape index (κ2) is 7.36. The van der Waals surface area contributed by atoms with Crippen LogP contribution in [0.4, 0.5) is 5.69 Å². The van der Waals surface area contributed by atoms with Crippen LogP contribution >= 0.6 is 0 Å². The highest BCUT2D eigenvalue weighted by molar-refractivity contribution is 5.57. The first-order valence-corrected chi connectivity index (χ1v) is 8.57. The monoisotopic (exact) mass is 305 g/mol. The third kappa shape index (κ3) is 4.91. The molecule has 2 N–H and O–H groups in total. The van der Waals surface area contributed by atoms with Gasteiger partial charge < -0.3 is 15.1 Å². The maximum absolute atomic E-state index is 9.85. The molecule has 0 saturated carbocycles. The summed E-state index contributed by atoms with van der Waals surface area (Å²) in [6.07, 6.45) is 5.52. The zero-order chi connectivity index (χ0) is 16.2. The Labute approximate surface area is 135 Å². The molecule has 1 aliphatic heterocycles. The molecule has 0 aromatic heterocycles. The predicted octanol–water partition coefficient (Wildman–Crippen LogP) is 3.97. The maximum Gasteiger partial charge on any atom is 0.117 e. The van der Waals surface area contributed by atoms with Gasteiger partial charge in [-0.15, -0.1) is 0 Å². The van der Waals surface area contributed by atoms with Gasteiger partial charge in [0.2, 0.25) is 0 Å². The molecule has 0 amide bonds. The highest BCUT2D eigenvalue weighted by atomic mass is 16.3. The normalized spacial score (nSPS) is 17.0. The minimum atomic E-state index is 0.298. The summed E-state index contributed by atoms with van der Waals surface area (Å²) >= 11 is 0. The van der Waals surface area contributed by atoms with Gasteiger partial charge in [0.15, 0.2) is 0 Å². The quantitative estimate of drug-likeness (QED) is 0.865. The highest BCUT2D eigenvalue weighted by Crippen LogP contribution is 2.31. The molecule has 1 fully saturated rings. The molecule has 1 aromatic carbocycles. The fourth-order valence-electron chi connectivity index (χ4n) is 3.22. The average Bonchev–Trinajstić information content (AvgIpc) is 2.47. The van der Waals surface area contributed by atoms with E-state index in [4.69, 9.17) is 0 Å². The summed E-state index contributed by atoms with van der Waals surface area (Å²) in [6, 6.07) is 5.79. The molecular weight excluding hydrogens is 274 g/mol. The van der Waals surface area contributed by atoms with E-state index < -0.39 is 0 Å². The minimum Gasteiger partial charge on any atom is -0.508 e. The van der Waals surface area contributed by atoms with Crippen molar-refractivity contribution in [2.45, 2.75) is 52.9 Å². The van der Waals surface area contributed by atoms with E-state index in [2.05, 4.69) is 31.7 Å². The number of aryl methyl sites for hydroxylation is 1. The summed E-state index contributed by atoms with van der Waals surface area (Å²) in [5, 5.41) is 19.1. The molecule has 0 unspecified atom stereocenters. The fraction of sp³-hybridized carbons (Fsp3) is 0.684. The Bertz CT molecular complexity index is 471. The maximum atomic E-state index is 9.85. The number of aliphatic hydroxyl groups is 1. The van der Waals surface area contributed by atoms with Crippen LogP contribution in [0.25, 0.3) is 0 Å². The summed E-state index contributed by atoms with van der Waals surface area (Å²) < 4.78 is 0. The third-order valence-corrected chi connectivity index (χ3v) is 4.66. The van der Waals surface area contributed by atoms with Crippen molar-refractivity contribution in [1.29, 1.82) is 0 Å². The molecule has 1 aromatic rings. The van der Waals surface area contributed by atoms with E-state index in [9.17, 15) is 10.2 Å². The molecular formula is C19H31NO2. The largest absolute Gasteiger partial charge is 0.508 e. The van der Waals surface area contributed by atoms with Crippen LogP contribution < -0.4 is 4.90 Å². The van der Waals surface area contributed by atoms with E-state index in [0.29, 0.717) is 23.7 Å². The van der Waals surface area contributed by atoms with Crippen LogP contribution in [0.15, 0.2) is 18.2 Å². The van der Waals surface area contributed by atoms with Crippen LogP contribution in [-0.4, -0.2) is 29.9 Å². The lowest BCUT2D eigenvalue weighted by atomic mass is 9.88. The molecule has 0 aliphatic carbocycles. The molecule has 0 bridgehead atoms. The van der Waals surface area contributed by atoms with Crippen LogP contribution in [0.5, 0.6) is 5.75 Å². The van der Waals surface area contributed by atoms with Crippen LogP contribution in [0.3, 0.4) is 0 Å². The smallest absolute Gasteiger partial charge is 0.117 e. The van der Waals surface area contributed by atoms with Gasteiger partial charge in [0.1, 0.15) is 5.75 Å². The Morgan fingerprint density at radius 2 is 1.86 bits per heavy atom. The van der Waals surface area contributed by atoms with Crippen molar-refractivity contribution >= 4 is 5.69 Å². The third-order valence-electron chi connectivity index (χ3n) is 4.66. The standard InChI is InChI=1S/C19H31NO2/c1-19(2,3)10-4-5-16-6-7-17(22)13-18(16)20-11-8-15(14-21)9-12-20/h6-7,13,15,21-22H,4-5,8-12,14H2,1-3H3. The Kier molecular flexibility index (Phi) is 5.74. The van der Waals surface area contributed by atoms with E-state index in [1.54, 1.807) is 6.07 Å². The van der Waals surface area contributed by atoms with Crippen molar-refractivity contribution in [2.24, 2.45) is 11.3 Å². The Hall–Kier alpha value is -1.22. The molecule has 1 saturated heterocycles. The molecule has 1 heterocycles. The van der Waals surface area contributed by atoms with Gasteiger partial charge in [0.25, 0.3) is 0 Å². The molecule has 3 heteroatoms. The van der Waals surface area contributed by atoms with Crippen LogP contribution in [0, 0.1) is 11.3 Å². The van der Waals surface area contributed by atoms with E-state index in [0.717, 1.165) is 32.4 Å². The minimum absolute atomic E-state index is 0.298. The first kappa shape index (κ1) is 17.1. The van der Waals surface area contributed by atoms with Crippen molar-refractivity contribution in [3.63, 3.8) is 0 Å². The van der Waals surface area contributed by atoms with Crippen LogP contribution in [0.2, 0.25) is 0 Å². The van der Waals surface area contributed by atoms with Gasteiger partial charge in [-0.3, -0.25) is 0 Å². The molecule has 2 rings (SSSR count). The lowest BCUT2D eigenvalue weighted by Gasteiger charge is -2.34. The predicted molar refractivity (Wildman–Crippen MR) is 92.5 cm³/mol. The summed E-state index contributed by atoms with van der Waals surface area (Å²) in [7, 11) is 0. The Morgan fingerprint density at radius 3 is 2.45 bits per heavy atom. The number of aliphatic hydroxyl groups excluding tert-OH is 1. The number of hydrogen-bond donors (Lipinski definition) is 2. The number of hydrogen-bond acceptors (Lipinski definition) is 3. The summed E-state index contributed by atoms with van der Waals surface area (Å²) in [4.78, 5) is 2.37.